The highest BCUT2D eigenvalue weighted by Gasteiger charge is 2.16. The van der Waals surface area contributed by atoms with Crippen LogP contribution in [0, 0.1) is 0 Å². The summed E-state index contributed by atoms with van der Waals surface area (Å²) < 4.78 is 7.66. The molecule has 5 N–H and O–H groups in total. The number of rotatable bonds is 4. The Hall–Kier alpha value is 1.01. The van der Waals surface area contributed by atoms with Gasteiger partial charge in [0.2, 0.25) is 0 Å². The molecule has 0 aromatic rings. The zero-order valence-electron chi connectivity index (χ0n) is 4.39. The minimum Gasteiger partial charge on any atom is -0.328 e. The van der Waals surface area contributed by atoms with Gasteiger partial charge in [0.15, 0.2) is 0 Å². The lowest BCUT2D eigenvalue weighted by molar-refractivity contribution is 0.305. The molecule has 10 heteroatoms. The van der Waals surface area contributed by atoms with E-state index >= 15 is 0 Å². The van der Waals surface area contributed by atoms with Gasteiger partial charge in [0.25, 0.3) is 0 Å². The van der Waals surface area contributed by atoms with Crippen molar-refractivity contribution in [3.8, 4) is 0 Å². The molecule has 0 aliphatic heterocycles. The Morgan fingerprint density at radius 1 is 0.700 bits per heavy atom. The molecule has 0 heterocycles. The Labute approximate surface area is 59.9 Å². The van der Waals surface area contributed by atoms with E-state index in [4.69, 9.17) is 24.5 Å². The minimum absolute atomic E-state index is 2.60. The summed E-state index contributed by atoms with van der Waals surface area (Å²) in [6.07, 6.45) is 0. The van der Waals surface area contributed by atoms with E-state index in [0.29, 0.717) is 0 Å². The van der Waals surface area contributed by atoms with Gasteiger partial charge in [-0.05, 0) is 0 Å². The van der Waals surface area contributed by atoms with Crippen molar-refractivity contribution in [1.82, 2.24) is 0 Å². The summed E-state index contributed by atoms with van der Waals surface area (Å²) in [5, 5.41) is 0. The Morgan fingerprint density at radius 2 is 1.00 bits per heavy atom. The SMILES string of the molecule is OP(O)OP(O)OP(O)O. The van der Waals surface area contributed by atoms with Crippen LogP contribution in [-0.4, -0.2) is 24.5 Å². The Balaban J connectivity index is 3.34. The second-order valence-electron chi connectivity index (χ2n) is 0.907. The van der Waals surface area contributed by atoms with Crippen molar-refractivity contribution in [2.24, 2.45) is 0 Å². The first-order chi connectivity index (χ1) is 4.52. The number of hydrogen-bond acceptors (Lipinski definition) is 7. The Bertz CT molecular complexity index is 70.9. The first-order valence-electron chi connectivity index (χ1n) is 1.73. The third-order valence-electron chi connectivity index (χ3n) is 0.286. The highest BCUT2D eigenvalue weighted by Crippen LogP contribution is 2.53. The lowest BCUT2D eigenvalue weighted by Crippen LogP contribution is -1.80. The van der Waals surface area contributed by atoms with Crippen molar-refractivity contribution in [1.29, 1.82) is 0 Å². The van der Waals surface area contributed by atoms with Crippen LogP contribution in [0.25, 0.3) is 0 Å². The zero-order chi connectivity index (χ0) is 8.15. The molecule has 0 bridgehead atoms. The zero-order valence-corrected chi connectivity index (χ0v) is 7.08. The molecule has 0 amide bonds. The molecule has 0 aliphatic carbocycles. The molecule has 62 valence electrons. The fraction of sp³-hybridized carbons (Fsp3) is 0. The van der Waals surface area contributed by atoms with Crippen molar-refractivity contribution in [3.05, 3.63) is 0 Å². The van der Waals surface area contributed by atoms with Crippen LogP contribution >= 0.6 is 25.8 Å². The molecule has 0 unspecified atom stereocenters. The van der Waals surface area contributed by atoms with Crippen LogP contribution in [0.1, 0.15) is 0 Å². The van der Waals surface area contributed by atoms with Gasteiger partial charge in [-0.1, -0.05) is 0 Å². The standard InChI is InChI=1S/H5O7P3/c1-8(2)6-10(5)7-9(3)4/h1-5H. The molecule has 0 aliphatic rings. The average molecular weight is 210 g/mol. The molecule has 0 aromatic carbocycles. The normalized spacial score (nSPS) is 12.0. The summed E-state index contributed by atoms with van der Waals surface area (Å²) in [7, 11) is -8.06. The van der Waals surface area contributed by atoms with Crippen molar-refractivity contribution in [2.45, 2.75) is 0 Å². The van der Waals surface area contributed by atoms with Crippen molar-refractivity contribution in [3.63, 3.8) is 0 Å². The van der Waals surface area contributed by atoms with Gasteiger partial charge in [0.1, 0.15) is 0 Å². The van der Waals surface area contributed by atoms with Gasteiger partial charge in [0.05, 0.1) is 0 Å². The Kier molecular flexibility index (Phi) is 6.20. The van der Waals surface area contributed by atoms with E-state index in [1.165, 1.54) is 0 Å². The van der Waals surface area contributed by atoms with E-state index < -0.39 is 25.8 Å². The first kappa shape index (κ1) is 11.0. The van der Waals surface area contributed by atoms with Gasteiger partial charge in [-0.3, -0.25) is 0 Å². The van der Waals surface area contributed by atoms with E-state index in [0.717, 1.165) is 0 Å². The molecule has 0 spiro atoms. The fourth-order valence-electron chi connectivity index (χ4n) is 0.140. The molecule has 0 atom stereocenters. The van der Waals surface area contributed by atoms with Gasteiger partial charge < -0.3 is 24.5 Å². The van der Waals surface area contributed by atoms with Crippen molar-refractivity contribution < 1.29 is 33.1 Å². The smallest absolute Gasteiger partial charge is 0.328 e. The maximum Gasteiger partial charge on any atom is 0.344 e. The van der Waals surface area contributed by atoms with E-state index in [1.807, 2.05) is 0 Å². The summed E-state index contributed by atoms with van der Waals surface area (Å²) in [5.74, 6) is 0. The lowest BCUT2D eigenvalue weighted by atomic mass is 15.7. The summed E-state index contributed by atoms with van der Waals surface area (Å²) in [6.45, 7) is 0. The quantitative estimate of drug-likeness (QED) is 0.402. The highest BCUT2D eigenvalue weighted by molar-refractivity contribution is 7.59. The third-order valence-corrected chi connectivity index (χ3v) is 2.57. The third kappa shape index (κ3) is 7.12. The largest absolute Gasteiger partial charge is 0.344 e. The molecule has 0 fully saturated rings. The molecule has 0 saturated carbocycles. The molecule has 0 radical (unpaired) electrons. The van der Waals surface area contributed by atoms with E-state index in [-0.39, 0.29) is 0 Å². The second kappa shape index (κ2) is 5.63. The number of hydrogen-bond donors (Lipinski definition) is 5. The minimum atomic E-state index is -2.73. The summed E-state index contributed by atoms with van der Waals surface area (Å²) in [5.41, 5.74) is 0. The van der Waals surface area contributed by atoms with Crippen molar-refractivity contribution in [2.75, 3.05) is 0 Å². The molecular weight excluding hydrogens is 205 g/mol. The molecular formula is H5O7P3. The average Bonchev–Trinajstić information content (AvgIpc) is 1.58. The predicted octanol–water partition coefficient (Wildman–Crippen LogP) is -0.338. The van der Waals surface area contributed by atoms with Crippen LogP contribution < -0.4 is 0 Å². The summed E-state index contributed by atoms with van der Waals surface area (Å²) in [6, 6.07) is 0. The van der Waals surface area contributed by atoms with E-state index in [1.54, 1.807) is 0 Å². The molecule has 0 rings (SSSR count). The van der Waals surface area contributed by atoms with Crippen molar-refractivity contribution >= 4 is 25.8 Å². The van der Waals surface area contributed by atoms with Crippen LogP contribution in [0.2, 0.25) is 0 Å². The lowest BCUT2D eigenvalue weighted by Gasteiger charge is -2.09. The van der Waals surface area contributed by atoms with Gasteiger partial charge in [-0.2, -0.15) is 0 Å². The maximum atomic E-state index is 8.40. The topological polar surface area (TPSA) is 120 Å². The monoisotopic (exact) mass is 210 g/mol. The van der Waals surface area contributed by atoms with E-state index in [9.17, 15) is 0 Å². The first-order valence-corrected chi connectivity index (χ1v) is 5.19. The maximum absolute atomic E-state index is 8.40. The van der Waals surface area contributed by atoms with Gasteiger partial charge >= 0.3 is 25.8 Å². The van der Waals surface area contributed by atoms with E-state index in [2.05, 4.69) is 8.62 Å². The molecule has 10 heavy (non-hydrogen) atoms. The van der Waals surface area contributed by atoms with Crippen LogP contribution in [0.5, 0.6) is 0 Å². The highest BCUT2D eigenvalue weighted by atomic mass is 31.3. The molecule has 7 nitrogen and oxygen atoms in total. The van der Waals surface area contributed by atoms with Crippen LogP contribution in [0.15, 0.2) is 0 Å². The fourth-order valence-corrected chi connectivity index (χ4v) is 1.53. The Morgan fingerprint density at radius 3 is 1.20 bits per heavy atom. The summed E-state index contributed by atoms with van der Waals surface area (Å²) in [4.78, 5) is 40.6. The van der Waals surface area contributed by atoms with Gasteiger partial charge in [-0.25, -0.2) is 8.62 Å². The van der Waals surface area contributed by atoms with Gasteiger partial charge in [0, 0.05) is 0 Å². The van der Waals surface area contributed by atoms with Crippen LogP contribution in [0.3, 0.4) is 0 Å². The predicted molar refractivity (Wildman–Crippen MR) is 34.0 cm³/mol. The van der Waals surface area contributed by atoms with Crippen LogP contribution in [-0.2, 0) is 8.62 Å². The van der Waals surface area contributed by atoms with Crippen LogP contribution in [0.4, 0.5) is 0 Å². The second-order valence-corrected chi connectivity index (χ2v) is 3.70. The molecule has 0 saturated heterocycles. The summed E-state index contributed by atoms with van der Waals surface area (Å²) >= 11 is 0. The molecule has 0 aromatic heterocycles. The van der Waals surface area contributed by atoms with Gasteiger partial charge in [-0.15, -0.1) is 0 Å².